The van der Waals surface area contributed by atoms with E-state index in [2.05, 4.69) is 37.4 Å². The van der Waals surface area contributed by atoms with Crippen LogP contribution in [0.3, 0.4) is 0 Å². The summed E-state index contributed by atoms with van der Waals surface area (Å²) >= 11 is 5.40. The quantitative estimate of drug-likeness (QED) is 0.760. The van der Waals surface area contributed by atoms with Gasteiger partial charge < -0.3 is 10.1 Å². The number of benzene rings is 2. The minimum absolute atomic E-state index is 0.592. The summed E-state index contributed by atoms with van der Waals surface area (Å²) in [6.45, 7) is 5.66. The lowest BCUT2D eigenvalue weighted by atomic mass is 10.1. The van der Waals surface area contributed by atoms with Crippen molar-refractivity contribution in [3.05, 3.63) is 65.2 Å². The van der Waals surface area contributed by atoms with E-state index in [1.165, 1.54) is 11.1 Å². The molecule has 116 valence electrons. The van der Waals surface area contributed by atoms with Crippen LogP contribution in [0.25, 0.3) is 0 Å². The molecule has 0 aliphatic heterocycles. The highest BCUT2D eigenvalue weighted by Gasteiger charge is 2.08. The van der Waals surface area contributed by atoms with Gasteiger partial charge in [-0.15, -0.1) is 0 Å². The maximum atomic E-state index is 6.01. The monoisotopic (exact) mass is 313 g/mol. The average Bonchev–Trinajstić information content (AvgIpc) is 2.55. The van der Waals surface area contributed by atoms with Gasteiger partial charge in [-0.25, -0.2) is 0 Å². The van der Waals surface area contributed by atoms with E-state index in [4.69, 9.17) is 17.0 Å². The van der Waals surface area contributed by atoms with Crippen molar-refractivity contribution >= 4 is 17.2 Å². The molecule has 0 unspecified atom stereocenters. The number of aryl methyl sites for hydroxylation is 1. The molecular weight excluding hydrogens is 290 g/mol. The number of thiocarbonyl (C=S) groups is 1. The zero-order chi connectivity index (χ0) is 15.8. The molecule has 0 aliphatic carbocycles. The first kappa shape index (κ1) is 16.5. The van der Waals surface area contributed by atoms with Crippen LogP contribution in [-0.2, 0) is 13.0 Å². The number of rotatable bonds is 7. The van der Waals surface area contributed by atoms with Crippen molar-refractivity contribution < 1.29 is 4.74 Å². The molecular formula is C19H23NOS. The molecule has 0 aliphatic rings. The Morgan fingerprint density at radius 3 is 2.55 bits per heavy atom. The summed E-state index contributed by atoms with van der Waals surface area (Å²) in [5.41, 5.74) is 3.46. The fourth-order valence-electron chi connectivity index (χ4n) is 2.32. The molecule has 1 N–H and O–H groups in total. The van der Waals surface area contributed by atoms with Crippen molar-refractivity contribution in [1.29, 1.82) is 0 Å². The summed E-state index contributed by atoms with van der Waals surface area (Å²) in [7, 11) is 0. The van der Waals surface area contributed by atoms with E-state index >= 15 is 0 Å². The maximum Gasteiger partial charge on any atom is 0.123 e. The fourth-order valence-corrected chi connectivity index (χ4v) is 2.60. The van der Waals surface area contributed by atoms with Crippen molar-refractivity contribution in [3.8, 4) is 5.75 Å². The fraction of sp³-hybridized carbons (Fsp3) is 0.316. The first-order valence-electron chi connectivity index (χ1n) is 7.82. The second kappa shape index (κ2) is 8.54. The van der Waals surface area contributed by atoms with Gasteiger partial charge in [-0.05, 0) is 42.7 Å². The van der Waals surface area contributed by atoms with Crippen LogP contribution in [0.5, 0.6) is 5.75 Å². The second-order valence-electron chi connectivity index (χ2n) is 5.21. The zero-order valence-corrected chi connectivity index (χ0v) is 14.1. The van der Waals surface area contributed by atoms with E-state index in [0.29, 0.717) is 6.61 Å². The van der Waals surface area contributed by atoms with Crippen LogP contribution in [0.4, 0.5) is 0 Å². The third kappa shape index (κ3) is 4.57. The summed E-state index contributed by atoms with van der Waals surface area (Å²) in [6, 6.07) is 16.4. The molecule has 0 aromatic heterocycles. The Balaban J connectivity index is 2.14. The Bertz CT molecular complexity index is 610. The highest BCUT2D eigenvalue weighted by Crippen LogP contribution is 2.23. The van der Waals surface area contributed by atoms with Gasteiger partial charge in [0.1, 0.15) is 17.3 Å². The Morgan fingerprint density at radius 2 is 1.86 bits per heavy atom. The van der Waals surface area contributed by atoms with E-state index in [-0.39, 0.29) is 0 Å². The minimum atomic E-state index is 0.592. The van der Waals surface area contributed by atoms with Crippen molar-refractivity contribution in [2.75, 3.05) is 6.54 Å². The molecule has 0 atom stereocenters. The average molecular weight is 313 g/mol. The first-order valence-corrected chi connectivity index (χ1v) is 8.23. The SMILES string of the molecule is CCCc1cc(C(=S)NCC)ccc1OCc1ccccc1. The molecule has 0 heterocycles. The van der Waals surface area contributed by atoms with E-state index < -0.39 is 0 Å². The summed E-state index contributed by atoms with van der Waals surface area (Å²) in [5, 5.41) is 3.20. The van der Waals surface area contributed by atoms with Gasteiger partial charge in [-0.3, -0.25) is 0 Å². The zero-order valence-electron chi connectivity index (χ0n) is 13.3. The smallest absolute Gasteiger partial charge is 0.123 e. The normalized spacial score (nSPS) is 10.3. The van der Waals surface area contributed by atoms with Crippen LogP contribution in [0.15, 0.2) is 48.5 Å². The van der Waals surface area contributed by atoms with E-state index in [1.807, 2.05) is 30.3 Å². The largest absolute Gasteiger partial charge is 0.489 e. The molecule has 0 saturated heterocycles. The van der Waals surface area contributed by atoms with Gasteiger partial charge in [0.2, 0.25) is 0 Å². The van der Waals surface area contributed by atoms with E-state index in [0.717, 1.165) is 35.7 Å². The lowest BCUT2D eigenvalue weighted by molar-refractivity contribution is 0.303. The molecule has 0 fully saturated rings. The molecule has 2 rings (SSSR count). The lowest BCUT2D eigenvalue weighted by Gasteiger charge is -2.14. The predicted molar refractivity (Wildman–Crippen MR) is 96.6 cm³/mol. The van der Waals surface area contributed by atoms with E-state index in [1.54, 1.807) is 0 Å². The minimum Gasteiger partial charge on any atom is -0.489 e. The van der Waals surface area contributed by atoms with Crippen LogP contribution in [0.1, 0.15) is 37.0 Å². The highest BCUT2D eigenvalue weighted by atomic mass is 32.1. The summed E-state index contributed by atoms with van der Waals surface area (Å²) in [4.78, 5) is 0.800. The molecule has 2 aromatic rings. The molecule has 2 nitrogen and oxygen atoms in total. The van der Waals surface area contributed by atoms with Gasteiger partial charge in [-0.2, -0.15) is 0 Å². The molecule has 0 radical (unpaired) electrons. The molecule has 0 spiro atoms. The molecule has 3 heteroatoms. The van der Waals surface area contributed by atoms with Crippen molar-refractivity contribution in [3.63, 3.8) is 0 Å². The number of nitrogens with one attached hydrogen (secondary N) is 1. The Morgan fingerprint density at radius 1 is 1.09 bits per heavy atom. The van der Waals surface area contributed by atoms with Crippen molar-refractivity contribution in [2.24, 2.45) is 0 Å². The standard InChI is InChI=1S/C19H23NOS/c1-3-8-16-13-17(19(22)20-4-2)11-12-18(16)21-14-15-9-6-5-7-10-15/h5-7,9-13H,3-4,8,14H2,1-2H3,(H,20,22). The van der Waals surface area contributed by atoms with Gasteiger partial charge in [0.05, 0.1) is 0 Å². The Labute approximate surface area is 138 Å². The van der Waals surface area contributed by atoms with Crippen LogP contribution in [-0.4, -0.2) is 11.5 Å². The first-order chi connectivity index (χ1) is 10.7. The van der Waals surface area contributed by atoms with Crippen LogP contribution < -0.4 is 10.1 Å². The van der Waals surface area contributed by atoms with Crippen LogP contribution >= 0.6 is 12.2 Å². The second-order valence-corrected chi connectivity index (χ2v) is 5.61. The lowest BCUT2D eigenvalue weighted by Crippen LogP contribution is -2.21. The molecule has 0 bridgehead atoms. The summed E-state index contributed by atoms with van der Waals surface area (Å²) in [6.07, 6.45) is 2.08. The molecule has 0 amide bonds. The van der Waals surface area contributed by atoms with Crippen LogP contribution in [0.2, 0.25) is 0 Å². The van der Waals surface area contributed by atoms with Gasteiger partial charge in [0, 0.05) is 12.1 Å². The highest BCUT2D eigenvalue weighted by molar-refractivity contribution is 7.80. The molecule has 22 heavy (non-hydrogen) atoms. The summed E-state index contributed by atoms with van der Waals surface area (Å²) in [5.74, 6) is 0.953. The third-order valence-electron chi connectivity index (χ3n) is 3.42. The molecule has 2 aromatic carbocycles. The summed E-state index contributed by atoms with van der Waals surface area (Å²) < 4.78 is 6.01. The third-order valence-corrected chi connectivity index (χ3v) is 3.80. The van der Waals surface area contributed by atoms with Gasteiger partial charge >= 0.3 is 0 Å². The number of hydrogen-bond donors (Lipinski definition) is 1. The predicted octanol–water partition coefficient (Wildman–Crippen LogP) is 4.50. The van der Waals surface area contributed by atoms with Crippen LogP contribution in [0, 0.1) is 0 Å². The van der Waals surface area contributed by atoms with Crippen molar-refractivity contribution in [2.45, 2.75) is 33.3 Å². The Kier molecular flexibility index (Phi) is 6.41. The number of ether oxygens (including phenoxy) is 1. The van der Waals surface area contributed by atoms with Gasteiger partial charge in [-0.1, -0.05) is 55.9 Å². The molecule has 0 saturated carbocycles. The maximum absolute atomic E-state index is 6.01. The van der Waals surface area contributed by atoms with Crippen molar-refractivity contribution in [1.82, 2.24) is 5.32 Å². The topological polar surface area (TPSA) is 21.3 Å². The number of hydrogen-bond acceptors (Lipinski definition) is 2. The van der Waals surface area contributed by atoms with Gasteiger partial charge in [0.15, 0.2) is 0 Å². The van der Waals surface area contributed by atoms with Gasteiger partial charge in [0.25, 0.3) is 0 Å². The Hall–Kier alpha value is -1.87. The van der Waals surface area contributed by atoms with E-state index in [9.17, 15) is 0 Å².